The number of hydrogen-bond acceptors (Lipinski definition) is 6. The first-order chi connectivity index (χ1) is 17.3. The first-order valence-electron chi connectivity index (χ1n) is 11.4. The topological polar surface area (TPSA) is 90.6 Å². The second-order valence-electron chi connectivity index (χ2n) is 8.62. The van der Waals surface area contributed by atoms with Crippen LogP contribution in [0.15, 0.2) is 65.5 Å². The zero-order valence-electron chi connectivity index (χ0n) is 20.3. The highest BCUT2D eigenvalue weighted by atomic mass is 16.5. The van der Waals surface area contributed by atoms with Crippen LogP contribution in [0.1, 0.15) is 41.3 Å². The van der Waals surface area contributed by atoms with Crippen molar-refractivity contribution >= 4 is 16.9 Å². The van der Waals surface area contributed by atoms with Crippen molar-refractivity contribution in [1.29, 1.82) is 0 Å². The number of methoxy groups -OCH3 is 1. The molecule has 4 aromatic rings. The number of rotatable bonds is 7. The number of hydrogen-bond donors (Lipinski definition) is 1. The van der Waals surface area contributed by atoms with Crippen molar-refractivity contribution < 1.29 is 19.4 Å². The summed E-state index contributed by atoms with van der Waals surface area (Å²) >= 11 is 0. The van der Waals surface area contributed by atoms with E-state index in [0.29, 0.717) is 33.8 Å². The number of fused-ring (bicyclic) bond motifs is 1. The maximum Gasteiger partial charge on any atom is 0.348 e. The van der Waals surface area contributed by atoms with Crippen LogP contribution >= 0.6 is 0 Å². The van der Waals surface area contributed by atoms with Crippen LogP contribution in [0.4, 0.5) is 0 Å². The highest BCUT2D eigenvalue weighted by Gasteiger charge is 2.16. The number of nitrogens with zero attached hydrogens (tertiary/aromatic N) is 2. The highest BCUT2D eigenvalue weighted by Crippen LogP contribution is 2.30. The number of aromatic nitrogens is 2. The number of phenolic OH excluding ortho intramolecular Hbond substituents is 1. The molecule has 1 aromatic heterocycles. The van der Waals surface area contributed by atoms with Crippen LogP contribution in [-0.2, 0) is 11.3 Å². The molecular weight excluding hydrogens is 456 g/mol. The molecule has 182 valence electrons. The Labute approximate surface area is 209 Å². The number of benzene rings is 3. The van der Waals surface area contributed by atoms with Crippen LogP contribution in [0.5, 0.6) is 11.5 Å². The summed E-state index contributed by atoms with van der Waals surface area (Å²) in [5.74, 6) is 2.52. The van der Waals surface area contributed by atoms with Crippen LogP contribution in [-0.4, -0.2) is 34.3 Å². The highest BCUT2D eigenvalue weighted by molar-refractivity contribution is 5.94. The quantitative estimate of drug-likeness (QED) is 0.302. The second kappa shape index (κ2) is 10.4. The molecule has 1 heterocycles. The number of phenols is 1. The molecule has 0 saturated carbocycles. The predicted octanol–water partition coefficient (Wildman–Crippen LogP) is 4.74. The largest absolute Gasteiger partial charge is 0.507 e. The summed E-state index contributed by atoms with van der Waals surface area (Å²) in [6.07, 6.45) is 5.35. The Hall–Kier alpha value is -4.57. The molecule has 0 radical (unpaired) electrons. The van der Waals surface area contributed by atoms with Gasteiger partial charge in [-0.25, -0.2) is 9.59 Å². The molecule has 3 aromatic carbocycles. The van der Waals surface area contributed by atoms with Crippen molar-refractivity contribution in [3.63, 3.8) is 0 Å². The van der Waals surface area contributed by atoms with Crippen LogP contribution in [0.3, 0.4) is 0 Å². The minimum Gasteiger partial charge on any atom is -0.507 e. The monoisotopic (exact) mass is 482 g/mol. The van der Waals surface area contributed by atoms with Gasteiger partial charge in [0, 0.05) is 10.9 Å². The Bertz CT molecular complexity index is 1530. The van der Waals surface area contributed by atoms with Gasteiger partial charge in [-0.2, -0.15) is 4.98 Å². The Morgan fingerprint density at radius 1 is 1.11 bits per heavy atom. The van der Waals surface area contributed by atoms with Crippen molar-refractivity contribution in [3.05, 3.63) is 87.8 Å². The molecule has 0 fully saturated rings. The molecule has 0 amide bonds. The van der Waals surface area contributed by atoms with E-state index >= 15 is 0 Å². The molecule has 0 atom stereocenters. The summed E-state index contributed by atoms with van der Waals surface area (Å²) in [5.41, 5.74) is 3.36. The lowest BCUT2D eigenvalue weighted by Gasteiger charge is -2.15. The SMILES string of the molecule is C#CCOc1ccc2c(c1)c(-c1ccc(C(C)C)cc1)nc(=O)n2Cc1ccc(O)c(C(=O)OC)c1. The van der Waals surface area contributed by atoms with Gasteiger partial charge in [-0.1, -0.05) is 50.1 Å². The number of carbonyl (C=O) groups is 1. The average Bonchev–Trinajstić information content (AvgIpc) is 2.89. The molecule has 0 saturated heterocycles. The maximum atomic E-state index is 13.3. The Morgan fingerprint density at radius 2 is 1.86 bits per heavy atom. The second-order valence-corrected chi connectivity index (χ2v) is 8.62. The van der Waals surface area contributed by atoms with E-state index in [1.807, 2.05) is 30.3 Å². The fraction of sp³-hybridized carbons (Fsp3) is 0.207. The van der Waals surface area contributed by atoms with Gasteiger partial charge < -0.3 is 14.6 Å². The van der Waals surface area contributed by atoms with Crippen molar-refractivity contribution in [2.24, 2.45) is 0 Å². The van der Waals surface area contributed by atoms with Gasteiger partial charge in [0.1, 0.15) is 23.7 Å². The number of ether oxygens (including phenoxy) is 2. The van der Waals surface area contributed by atoms with Crippen molar-refractivity contribution in [3.8, 4) is 35.1 Å². The van der Waals surface area contributed by atoms with Crippen LogP contribution < -0.4 is 10.4 Å². The lowest BCUT2D eigenvalue weighted by molar-refractivity contribution is 0.0597. The summed E-state index contributed by atoms with van der Waals surface area (Å²) in [5, 5.41) is 10.8. The third kappa shape index (κ3) is 4.93. The lowest BCUT2D eigenvalue weighted by atomic mass is 9.99. The van der Waals surface area contributed by atoms with Gasteiger partial charge in [-0.05, 0) is 47.4 Å². The maximum absolute atomic E-state index is 13.3. The minimum absolute atomic E-state index is 0.0205. The summed E-state index contributed by atoms with van der Waals surface area (Å²) in [7, 11) is 1.24. The smallest absolute Gasteiger partial charge is 0.348 e. The Balaban J connectivity index is 1.87. The van der Waals surface area contributed by atoms with E-state index in [1.54, 1.807) is 18.2 Å². The predicted molar refractivity (Wildman–Crippen MR) is 138 cm³/mol. The molecule has 0 unspecified atom stereocenters. The summed E-state index contributed by atoms with van der Waals surface area (Å²) < 4.78 is 11.9. The molecule has 4 rings (SSSR count). The molecule has 0 aliphatic heterocycles. The molecular formula is C29H26N2O5. The first kappa shape index (κ1) is 24.6. The summed E-state index contributed by atoms with van der Waals surface area (Å²) in [6.45, 7) is 4.48. The molecule has 0 aliphatic rings. The molecule has 36 heavy (non-hydrogen) atoms. The molecule has 0 spiro atoms. The number of aromatic hydroxyl groups is 1. The lowest BCUT2D eigenvalue weighted by Crippen LogP contribution is -2.24. The molecule has 0 bridgehead atoms. The third-order valence-electron chi connectivity index (χ3n) is 5.93. The van der Waals surface area contributed by atoms with Gasteiger partial charge in [0.2, 0.25) is 0 Å². The number of carbonyl (C=O) groups excluding carboxylic acids is 1. The van der Waals surface area contributed by atoms with E-state index in [-0.39, 0.29) is 24.5 Å². The summed E-state index contributed by atoms with van der Waals surface area (Å²) in [4.78, 5) is 29.7. The van der Waals surface area contributed by atoms with Gasteiger partial charge in [-0.15, -0.1) is 6.42 Å². The van der Waals surface area contributed by atoms with Crippen LogP contribution in [0, 0.1) is 12.3 Å². The average molecular weight is 483 g/mol. The van der Waals surface area contributed by atoms with Crippen molar-refractivity contribution in [1.82, 2.24) is 9.55 Å². The normalized spacial score (nSPS) is 10.9. The zero-order chi connectivity index (χ0) is 25.8. The zero-order valence-corrected chi connectivity index (χ0v) is 20.3. The van der Waals surface area contributed by atoms with E-state index in [4.69, 9.17) is 15.9 Å². The first-order valence-corrected chi connectivity index (χ1v) is 11.4. The fourth-order valence-electron chi connectivity index (χ4n) is 4.01. The van der Waals surface area contributed by atoms with Gasteiger partial charge >= 0.3 is 11.7 Å². The Kier molecular flexibility index (Phi) is 7.07. The third-order valence-corrected chi connectivity index (χ3v) is 5.93. The van der Waals surface area contributed by atoms with Gasteiger partial charge in [0.25, 0.3) is 0 Å². The van der Waals surface area contributed by atoms with Gasteiger partial charge in [-0.3, -0.25) is 4.57 Å². The van der Waals surface area contributed by atoms with Gasteiger partial charge in [0.05, 0.1) is 24.9 Å². The molecule has 7 heteroatoms. The fourth-order valence-corrected chi connectivity index (χ4v) is 4.01. The van der Waals surface area contributed by atoms with Crippen molar-refractivity contribution in [2.45, 2.75) is 26.3 Å². The molecule has 0 aliphatic carbocycles. The minimum atomic E-state index is -0.667. The van der Waals surface area contributed by atoms with Crippen LogP contribution in [0.2, 0.25) is 0 Å². The van der Waals surface area contributed by atoms with E-state index < -0.39 is 11.7 Å². The van der Waals surface area contributed by atoms with E-state index in [0.717, 1.165) is 5.56 Å². The van der Waals surface area contributed by atoms with Gasteiger partial charge in [0.15, 0.2) is 0 Å². The standard InChI is InChI=1S/C29H26N2O5/c1-5-14-36-22-11-12-25-23(16-22)27(21-9-7-20(8-10-21)18(2)3)30-29(34)31(25)17-19-6-13-26(32)24(15-19)28(33)35-4/h1,6-13,15-16,18,32H,14,17H2,2-4H3. The number of esters is 1. The summed E-state index contributed by atoms with van der Waals surface area (Å²) in [6, 6.07) is 17.9. The van der Waals surface area contributed by atoms with E-state index in [2.05, 4.69) is 24.8 Å². The molecule has 1 N–H and O–H groups in total. The molecule has 7 nitrogen and oxygen atoms in total. The van der Waals surface area contributed by atoms with E-state index in [1.165, 1.54) is 29.4 Å². The Morgan fingerprint density at radius 3 is 2.53 bits per heavy atom. The number of terminal acetylenes is 1. The van der Waals surface area contributed by atoms with Crippen LogP contribution in [0.25, 0.3) is 22.2 Å². The van der Waals surface area contributed by atoms with E-state index in [9.17, 15) is 14.7 Å². The van der Waals surface area contributed by atoms with Crippen molar-refractivity contribution in [2.75, 3.05) is 13.7 Å².